The highest BCUT2D eigenvalue weighted by Gasteiger charge is 2.26. The summed E-state index contributed by atoms with van der Waals surface area (Å²) < 4.78 is 32.1. The van der Waals surface area contributed by atoms with Gasteiger partial charge in [-0.05, 0) is 61.3 Å². The Balaban J connectivity index is 1.39. The predicted molar refractivity (Wildman–Crippen MR) is 121 cm³/mol. The molecule has 0 amide bonds. The van der Waals surface area contributed by atoms with Crippen molar-refractivity contribution < 1.29 is 13.2 Å². The Morgan fingerprint density at radius 2 is 1.77 bits per heavy atom. The van der Waals surface area contributed by atoms with Crippen LogP contribution in [0.15, 0.2) is 58.5 Å². The number of nitrogens with one attached hydrogen (secondary N) is 2. The summed E-state index contributed by atoms with van der Waals surface area (Å²) in [5.41, 5.74) is 7.06. The van der Waals surface area contributed by atoms with E-state index in [-0.39, 0.29) is 4.90 Å². The molecule has 0 spiro atoms. The number of morpholine rings is 1. The number of anilines is 1. The lowest BCUT2D eigenvalue weighted by molar-refractivity contribution is 0.0730. The lowest BCUT2D eigenvalue weighted by atomic mass is 9.90. The molecule has 30 heavy (non-hydrogen) atoms. The summed E-state index contributed by atoms with van der Waals surface area (Å²) in [5, 5.41) is 7.89. The summed E-state index contributed by atoms with van der Waals surface area (Å²) in [5.74, 6) is 0. The highest BCUT2D eigenvalue weighted by atomic mass is 32.2. The van der Waals surface area contributed by atoms with E-state index in [1.807, 2.05) is 12.1 Å². The minimum atomic E-state index is -3.51. The molecule has 2 aromatic carbocycles. The number of sulfonamides is 1. The van der Waals surface area contributed by atoms with Crippen molar-refractivity contribution in [1.29, 1.82) is 0 Å². The average molecular weight is 445 g/mol. The number of fused-ring (bicyclic) bond motifs is 1. The van der Waals surface area contributed by atoms with Gasteiger partial charge in [-0.3, -0.25) is 5.43 Å². The van der Waals surface area contributed by atoms with Crippen LogP contribution in [0.3, 0.4) is 0 Å². The van der Waals surface area contributed by atoms with Crippen LogP contribution in [0.25, 0.3) is 0 Å². The largest absolute Gasteiger partial charge is 0.379 e. The van der Waals surface area contributed by atoms with E-state index < -0.39 is 10.0 Å². The molecular formula is C21H24N4O3S2. The summed E-state index contributed by atoms with van der Waals surface area (Å²) >= 11 is 5.34. The number of hydrazone groups is 1. The molecule has 1 fully saturated rings. The smallest absolute Gasteiger partial charge is 0.243 e. The molecule has 0 unspecified atom stereocenters. The number of thiocarbonyl (C=S) groups is 1. The van der Waals surface area contributed by atoms with Crippen molar-refractivity contribution in [2.24, 2.45) is 5.10 Å². The minimum absolute atomic E-state index is 0.257. The van der Waals surface area contributed by atoms with Gasteiger partial charge in [-0.15, -0.1) is 0 Å². The van der Waals surface area contributed by atoms with Crippen molar-refractivity contribution >= 4 is 38.8 Å². The fraction of sp³-hybridized carbons (Fsp3) is 0.333. The molecule has 0 atom stereocenters. The number of nitrogens with zero attached hydrogens (tertiary/aromatic N) is 2. The molecular weight excluding hydrogens is 420 g/mol. The van der Waals surface area contributed by atoms with Gasteiger partial charge in [-0.1, -0.05) is 24.3 Å². The van der Waals surface area contributed by atoms with Gasteiger partial charge < -0.3 is 10.1 Å². The SMILES string of the molecule is O=S(=O)(c1ccc(NC(=S)NN=C2CCCc3ccccc32)cc1)N1CCOCC1. The van der Waals surface area contributed by atoms with E-state index in [1.54, 1.807) is 24.3 Å². The zero-order chi connectivity index (χ0) is 21.0. The maximum atomic E-state index is 12.7. The minimum Gasteiger partial charge on any atom is -0.379 e. The van der Waals surface area contributed by atoms with E-state index in [0.29, 0.717) is 37.1 Å². The monoisotopic (exact) mass is 444 g/mol. The van der Waals surface area contributed by atoms with Crippen LogP contribution in [0.5, 0.6) is 0 Å². The number of benzene rings is 2. The Hall–Kier alpha value is -2.33. The van der Waals surface area contributed by atoms with Crippen molar-refractivity contribution in [2.75, 3.05) is 31.6 Å². The van der Waals surface area contributed by atoms with E-state index in [2.05, 4.69) is 28.0 Å². The number of hydrogen-bond acceptors (Lipinski definition) is 5. The van der Waals surface area contributed by atoms with Crippen molar-refractivity contribution in [3.05, 3.63) is 59.7 Å². The van der Waals surface area contributed by atoms with Gasteiger partial charge >= 0.3 is 0 Å². The molecule has 2 aliphatic rings. The van der Waals surface area contributed by atoms with Gasteiger partial charge in [0.1, 0.15) is 0 Å². The maximum absolute atomic E-state index is 12.7. The van der Waals surface area contributed by atoms with E-state index in [0.717, 1.165) is 30.5 Å². The molecule has 1 aliphatic heterocycles. The Bertz CT molecular complexity index is 1050. The van der Waals surface area contributed by atoms with E-state index >= 15 is 0 Å². The van der Waals surface area contributed by atoms with Crippen molar-refractivity contribution in [3.8, 4) is 0 Å². The molecule has 1 aliphatic carbocycles. The first-order valence-corrected chi connectivity index (χ1v) is 11.8. The molecule has 4 rings (SSSR count). The zero-order valence-electron chi connectivity index (χ0n) is 16.5. The second-order valence-corrected chi connectivity index (χ2v) is 9.52. The third kappa shape index (κ3) is 4.70. The number of aryl methyl sites for hydroxylation is 1. The Kier molecular flexibility index (Phi) is 6.43. The quantitative estimate of drug-likeness (QED) is 0.557. The molecule has 0 bridgehead atoms. The first-order chi connectivity index (χ1) is 14.5. The lowest BCUT2D eigenvalue weighted by Crippen LogP contribution is -2.40. The van der Waals surface area contributed by atoms with Gasteiger partial charge in [0.05, 0.1) is 23.8 Å². The molecule has 9 heteroatoms. The molecule has 2 aromatic rings. The van der Waals surface area contributed by atoms with Crippen LogP contribution in [-0.4, -0.2) is 49.9 Å². The Labute approximate surface area is 182 Å². The molecule has 0 aromatic heterocycles. The second kappa shape index (κ2) is 9.22. The van der Waals surface area contributed by atoms with Crippen LogP contribution in [0.4, 0.5) is 5.69 Å². The average Bonchev–Trinajstić information content (AvgIpc) is 2.78. The summed E-state index contributed by atoms with van der Waals surface area (Å²) in [6, 6.07) is 14.8. The fourth-order valence-electron chi connectivity index (χ4n) is 3.64. The molecule has 1 heterocycles. The third-order valence-corrected chi connectivity index (χ3v) is 7.31. The van der Waals surface area contributed by atoms with Crippen LogP contribution in [0.2, 0.25) is 0 Å². The maximum Gasteiger partial charge on any atom is 0.243 e. The normalized spacial score (nSPS) is 18.6. The molecule has 2 N–H and O–H groups in total. The molecule has 0 radical (unpaired) electrons. The van der Waals surface area contributed by atoms with Crippen molar-refractivity contribution in [2.45, 2.75) is 24.2 Å². The number of ether oxygens (including phenoxy) is 1. The standard InChI is InChI=1S/C21H24N4O3S2/c26-30(27,25-12-14-28-15-13-25)18-10-8-17(9-11-18)22-21(29)24-23-20-7-3-5-16-4-1-2-6-19(16)20/h1-2,4,6,8-11H,3,5,7,12-15H2,(H2,22,24,29). The van der Waals surface area contributed by atoms with Crippen LogP contribution >= 0.6 is 12.2 Å². The first kappa shape index (κ1) is 20.9. The Morgan fingerprint density at radius 1 is 1.03 bits per heavy atom. The fourth-order valence-corrected chi connectivity index (χ4v) is 5.21. The van der Waals surface area contributed by atoms with Gasteiger partial charge in [0.25, 0.3) is 0 Å². The molecule has 0 saturated carbocycles. The van der Waals surface area contributed by atoms with Gasteiger partial charge in [0.15, 0.2) is 5.11 Å². The predicted octanol–water partition coefficient (Wildman–Crippen LogP) is 2.73. The molecule has 1 saturated heterocycles. The number of hydrogen-bond donors (Lipinski definition) is 2. The topological polar surface area (TPSA) is 83.0 Å². The van der Waals surface area contributed by atoms with Crippen LogP contribution in [0, 0.1) is 0 Å². The molecule has 7 nitrogen and oxygen atoms in total. The van der Waals surface area contributed by atoms with Crippen molar-refractivity contribution in [1.82, 2.24) is 9.73 Å². The highest BCUT2D eigenvalue weighted by Crippen LogP contribution is 2.21. The molecule has 158 valence electrons. The van der Waals surface area contributed by atoms with Gasteiger partial charge in [0, 0.05) is 24.3 Å². The zero-order valence-corrected chi connectivity index (χ0v) is 18.1. The van der Waals surface area contributed by atoms with Gasteiger partial charge in [0.2, 0.25) is 10.0 Å². The van der Waals surface area contributed by atoms with Crippen molar-refractivity contribution in [3.63, 3.8) is 0 Å². The van der Waals surface area contributed by atoms with Crippen LogP contribution in [0.1, 0.15) is 24.0 Å². The van der Waals surface area contributed by atoms with E-state index in [4.69, 9.17) is 17.0 Å². The van der Waals surface area contributed by atoms with E-state index in [9.17, 15) is 8.42 Å². The van der Waals surface area contributed by atoms with Crippen LogP contribution in [-0.2, 0) is 21.2 Å². The van der Waals surface area contributed by atoms with Gasteiger partial charge in [-0.2, -0.15) is 9.41 Å². The summed E-state index contributed by atoms with van der Waals surface area (Å²) in [7, 11) is -3.51. The first-order valence-electron chi connectivity index (χ1n) is 9.94. The summed E-state index contributed by atoms with van der Waals surface area (Å²) in [6.45, 7) is 1.59. The Morgan fingerprint density at radius 3 is 2.53 bits per heavy atom. The summed E-state index contributed by atoms with van der Waals surface area (Å²) in [6.07, 6.45) is 3.04. The van der Waals surface area contributed by atoms with Crippen LogP contribution < -0.4 is 10.7 Å². The second-order valence-electron chi connectivity index (χ2n) is 7.18. The summed E-state index contributed by atoms with van der Waals surface area (Å²) in [4.78, 5) is 0.257. The van der Waals surface area contributed by atoms with E-state index in [1.165, 1.54) is 9.87 Å². The van der Waals surface area contributed by atoms with Gasteiger partial charge in [-0.25, -0.2) is 8.42 Å². The third-order valence-electron chi connectivity index (χ3n) is 5.20. The highest BCUT2D eigenvalue weighted by molar-refractivity contribution is 7.89. The lowest BCUT2D eigenvalue weighted by Gasteiger charge is -2.26. The number of rotatable bonds is 4.